The number of carbonyl (C=O) groups is 1. The zero-order valence-corrected chi connectivity index (χ0v) is 9.29. The molecule has 0 spiro atoms. The van der Waals surface area contributed by atoms with Crippen LogP contribution in [0.2, 0.25) is 0 Å². The van der Waals surface area contributed by atoms with E-state index >= 15 is 0 Å². The van der Waals surface area contributed by atoms with Crippen molar-refractivity contribution in [2.45, 2.75) is 39.7 Å². The second-order valence-electron chi connectivity index (χ2n) is 4.29. The summed E-state index contributed by atoms with van der Waals surface area (Å²) in [4.78, 5) is 15.6. The van der Waals surface area contributed by atoms with E-state index in [0.717, 1.165) is 37.3 Å². The molecule has 2 heterocycles. The fraction of sp³-hybridized carbons (Fsp3) is 0.636. The molecule has 1 aromatic rings. The molecule has 2 rings (SSSR count). The minimum atomic E-state index is -0.396. The van der Waals surface area contributed by atoms with E-state index in [9.17, 15) is 4.79 Å². The first-order chi connectivity index (χ1) is 7.13. The number of amides is 1. The zero-order valence-electron chi connectivity index (χ0n) is 9.29. The molecule has 1 aliphatic rings. The molecule has 1 atom stereocenters. The van der Waals surface area contributed by atoms with Crippen LogP contribution in [0.4, 0.5) is 0 Å². The van der Waals surface area contributed by atoms with Crippen LogP contribution in [0.5, 0.6) is 0 Å². The Morgan fingerprint density at radius 2 is 2.40 bits per heavy atom. The van der Waals surface area contributed by atoms with E-state index in [1.165, 1.54) is 0 Å². The first-order valence-electron chi connectivity index (χ1n) is 5.51. The lowest BCUT2D eigenvalue weighted by atomic mass is 9.97. The summed E-state index contributed by atoms with van der Waals surface area (Å²) in [6.07, 6.45) is 2.94. The predicted molar refractivity (Wildman–Crippen MR) is 57.6 cm³/mol. The fourth-order valence-electron chi connectivity index (χ4n) is 2.26. The molecule has 0 aliphatic carbocycles. The molecule has 0 bridgehead atoms. The first kappa shape index (κ1) is 10.2. The number of rotatable bonds is 2. The van der Waals surface area contributed by atoms with Gasteiger partial charge in [0.1, 0.15) is 11.5 Å². The zero-order chi connectivity index (χ0) is 11.0. The molecular weight excluding hydrogens is 190 g/mol. The maximum absolute atomic E-state index is 11.3. The molecule has 0 saturated heterocycles. The fourth-order valence-corrected chi connectivity index (χ4v) is 2.26. The molecule has 4 heteroatoms. The molecule has 1 unspecified atom stereocenters. The van der Waals surface area contributed by atoms with Crippen molar-refractivity contribution in [2.24, 2.45) is 11.7 Å². The lowest BCUT2D eigenvalue weighted by Gasteiger charge is -2.22. The topological polar surface area (TPSA) is 60.9 Å². The lowest BCUT2D eigenvalue weighted by molar-refractivity contribution is 0.0994. The van der Waals surface area contributed by atoms with Crippen molar-refractivity contribution < 1.29 is 4.79 Å². The van der Waals surface area contributed by atoms with Gasteiger partial charge in [-0.1, -0.05) is 13.8 Å². The van der Waals surface area contributed by atoms with E-state index in [-0.39, 0.29) is 0 Å². The average molecular weight is 207 g/mol. The highest BCUT2D eigenvalue weighted by Crippen LogP contribution is 2.24. The van der Waals surface area contributed by atoms with Gasteiger partial charge in [0.25, 0.3) is 5.91 Å². The van der Waals surface area contributed by atoms with Crippen LogP contribution in [0, 0.1) is 5.92 Å². The largest absolute Gasteiger partial charge is 0.364 e. The van der Waals surface area contributed by atoms with E-state index in [2.05, 4.69) is 23.4 Å². The van der Waals surface area contributed by atoms with Gasteiger partial charge in [0.2, 0.25) is 0 Å². The minimum Gasteiger partial charge on any atom is -0.364 e. The Kier molecular flexibility index (Phi) is 2.50. The monoisotopic (exact) mass is 207 g/mol. The van der Waals surface area contributed by atoms with E-state index in [1.807, 2.05) is 0 Å². The van der Waals surface area contributed by atoms with Gasteiger partial charge in [0.15, 0.2) is 0 Å². The Bertz CT molecular complexity index is 395. The Morgan fingerprint density at radius 1 is 1.67 bits per heavy atom. The molecule has 82 valence electrons. The number of hydrogen-bond donors (Lipinski definition) is 1. The maximum atomic E-state index is 11.3. The number of aryl methyl sites for hydroxylation is 1. The van der Waals surface area contributed by atoms with Gasteiger partial charge in [0.05, 0.1) is 5.69 Å². The van der Waals surface area contributed by atoms with Gasteiger partial charge in [-0.05, 0) is 18.8 Å². The maximum Gasteiger partial charge on any atom is 0.269 e. The van der Waals surface area contributed by atoms with E-state index in [0.29, 0.717) is 11.6 Å². The molecule has 0 fully saturated rings. The van der Waals surface area contributed by atoms with Crippen LogP contribution in [-0.2, 0) is 19.4 Å². The van der Waals surface area contributed by atoms with Gasteiger partial charge in [-0.2, -0.15) is 0 Å². The van der Waals surface area contributed by atoms with Crippen LogP contribution >= 0.6 is 0 Å². The molecule has 4 nitrogen and oxygen atoms in total. The molecule has 0 radical (unpaired) electrons. The normalized spacial score (nSPS) is 20.0. The lowest BCUT2D eigenvalue weighted by Crippen LogP contribution is -2.21. The van der Waals surface area contributed by atoms with Crippen molar-refractivity contribution >= 4 is 5.91 Å². The van der Waals surface area contributed by atoms with Crippen molar-refractivity contribution in [3.63, 3.8) is 0 Å². The molecule has 1 amide bonds. The number of aromatic nitrogens is 2. The average Bonchev–Trinajstić information content (AvgIpc) is 2.55. The Morgan fingerprint density at radius 3 is 3.00 bits per heavy atom. The van der Waals surface area contributed by atoms with E-state index in [4.69, 9.17) is 5.73 Å². The van der Waals surface area contributed by atoms with E-state index in [1.54, 1.807) is 0 Å². The van der Waals surface area contributed by atoms with Crippen LogP contribution in [-0.4, -0.2) is 15.5 Å². The number of carbonyl (C=O) groups excluding carboxylic acids is 1. The third-order valence-corrected chi connectivity index (χ3v) is 3.09. The molecule has 1 aliphatic heterocycles. The van der Waals surface area contributed by atoms with Gasteiger partial charge in [-0.25, -0.2) is 4.98 Å². The summed E-state index contributed by atoms with van der Waals surface area (Å²) in [5.74, 6) is 1.22. The summed E-state index contributed by atoms with van der Waals surface area (Å²) in [7, 11) is 0. The number of nitrogens with zero attached hydrogens (tertiary/aromatic N) is 2. The summed E-state index contributed by atoms with van der Waals surface area (Å²) < 4.78 is 2.17. The van der Waals surface area contributed by atoms with Crippen LogP contribution in [0.3, 0.4) is 0 Å². The van der Waals surface area contributed by atoms with Crippen molar-refractivity contribution in [1.82, 2.24) is 9.55 Å². The van der Waals surface area contributed by atoms with Gasteiger partial charge in [-0.15, -0.1) is 0 Å². The predicted octanol–water partition coefficient (Wildman–Crippen LogP) is 1.13. The Labute approximate surface area is 89.5 Å². The van der Waals surface area contributed by atoms with Crippen molar-refractivity contribution in [3.8, 4) is 0 Å². The third kappa shape index (κ3) is 1.64. The highest BCUT2D eigenvalue weighted by molar-refractivity contribution is 5.92. The summed E-state index contributed by atoms with van der Waals surface area (Å²) in [5, 5.41) is 0. The highest BCUT2D eigenvalue weighted by atomic mass is 16.1. The summed E-state index contributed by atoms with van der Waals surface area (Å²) in [6, 6.07) is 0. The summed E-state index contributed by atoms with van der Waals surface area (Å²) in [6.45, 7) is 5.23. The van der Waals surface area contributed by atoms with Gasteiger partial charge in [-0.3, -0.25) is 4.79 Å². The highest BCUT2D eigenvalue weighted by Gasteiger charge is 2.24. The molecule has 2 N–H and O–H groups in total. The Balaban J connectivity index is 2.50. The smallest absolute Gasteiger partial charge is 0.269 e. The number of nitrogens with two attached hydrogens (primary N) is 1. The van der Waals surface area contributed by atoms with Crippen molar-refractivity contribution in [1.29, 1.82) is 0 Å². The van der Waals surface area contributed by atoms with Crippen LogP contribution < -0.4 is 5.73 Å². The van der Waals surface area contributed by atoms with Gasteiger partial charge in [0, 0.05) is 13.0 Å². The molecular formula is C11H17N3O. The molecule has 1 aromatic heterocycles. The first-order valence-corrected chi connectivity index (χ1v) is 5.51. The summed E-state index contributed by atoms with van der Waals surface area (Å²) in [5.41, 5.74) is 6.86. The summed E-state index contributed by atoms with van der Waals surface area (Å²) >= 11 is 0. The van der Waals surface area contributed by atoms with Gasteiger partial charge < -0.3 is 10.3 Å². The molecule has 0 aromatic carbocycles. The number of hydrogen-bond acceptors (Lipinski definition) is 2. The number of imidazole rings is 1. The second-order valence-corrected chi connectivity index (χ2v) is 4.29. The molecule has 0 saturated carbocycles. The van der Waals surface area contributed by atoms with Crippen LogP contribution in [0.15, 0.2) is 0 Å². The second kappa shape index (κ2) is 3.68. The minimum absolute atomic E-state index is 0.396. The standard InChI is InChI=1S/C11H17N3O/c1-3-9-13-10(11(12)15)8-6-7(2)4-5-14(8)9/h7H,3-6H2,1-2H3,(H2,12,15). The van der Waals surface area contributed by atoms with E-state index < -0.39 is 5.91 Å². The number of primary amides is 1. The SMILES string of the molecule is CCc1nc(C(N)=O)c2n1CCC(C)C2. The molecule has 15 heavy (non-hydrogen) atoms. The number of fused-ring (bicyclic) bond motifs is 1. The third-order valence-electron chi connectivity index (χ3n) is 3.09. The van der Waals surface area contributed by atoms with Crippen molar-refractivity contribution in [2.75, 3.05) is 0 Å². The van der Waals surface area contributed by atoms with Crippen LogP contribution in [0.25, 0.3) is 0 Å². The van der Waals surface area contributed by atoms with Crippen molar-refractivity contribution in [3.05, 3.63) is 17.2 Å². The quantitative estimate of drug-likeness (QED) is 0.790. The van der Waals surface area contributed by atoms with Gasteiger partial charge >= 0.3 is 0 Å². The Hall–Kier alpha value is -1.32. The van der Waals surface area contributed by atoms with Crippen LogP contribution in [0.1, 0.15) is 42.3 Å².